The van der Waals surface area contributed by atoms with Crippen LogP contribution in [0.4, 0.5) is 0 Å². The van der Waals surface area contributed by atoms with E-state index in [1.807, 2.05) is 0 Å². The van der Waals surface area contributed by atoms with Gasteiger partial charge in [0.2, 0.25) is 0 Å². The Morgan fingerprint density at radius 2 is 1.75 bits per heavy atom. The standard InChI is InChI=1S/C8H17NO2.C4H11N/c1-6(2)3-7(5-9)4-8(10)11;1-4(2,3)5/h6-7H,3-5,9H2,1-2H3,(H,10,11);5H2,1-3H3/t7-;/m0./s1. The summed E-state index contributed by atoms with van der Waals surface area (Å²) in [6, 6.07) is 0. The van der Waals surface area contributed by atoms with E-state index in [9.17, 15) is 9.90 Å². The zero-order valence-electron chi connectivity index (χ0n) is 11.4. The normalized spacial score (nSPS) is 13.0. The minimum atomic E-state index is -0.999. The first-order valence-electron chi connectivity index (χ1n) is 5.81. The van der Waals surface area contributed by atoms with Gasteiger partial charge in [-0.25, -0.2) is 0 Å². The number of quaternary nitrogens is 1. The second-order valence-electron chi connectivity index (χ2n) is 5.87. The molecule has 4 nitrogen and oxygen atoms in total. The van der Waals surface area contributed by atoms with Crippen LogP contribution in [-0.2, 0) is 4.79 Å². The molecule has 1 atom stereocenters. The topological polar surface area (TPSA) is 93.8 Å². The van der Waals surface area contributed by atoms with Crippen LogP contribution in [0.5, 0.6) is 0 Å². The molecule has 0 saturated heterocycles. The minimum absolute atomic E-state index is 0.0833. The van der Waals surface area contributed by atoms with Crippen LogP contribution in [-0.4, -0.2) is 18.1 Å². The predicted octanol–water partition coefficient (Wildman–Crippen LogP) is -0.226. The smallest absolute Gasteiger partial charge is 0.0860 e. The second-order valence-corrected chi connectivity index (χ2v) is 5.87. The van der Waals surface area contributed by atoms with Crippen LogP contribution < -0.4 is 16.6 Å². The van der Waals surface area contributed by atoms with E-state index in [4.69, 9.17) is 5.73 Å². The zero-order chi connectivity index (χ0) is 13.4. The van der Waals surface area contributed by atoms with Crippen LogP contribution in [0, 0.1) is 11.8 Å². The van der Waals surface area contributed by atoms with Crippen LogP contribution in [0.3, 0.4) is 0 Å². The van der Waals surface area contributed by atoms with Crippen LogP contribution in [0.15, 0.2) is 0 Å². The van der Waals surface area contributed by atoms with Crippen LogP contribution >= 0.6 is 0 Å². The summed E-state index contributed by atoms with van der Waals surface area (Å²) >= 11 is 0. The fraction of sp³-hybridized carbons (Fsp3) is 0.917. The summed E-state index contributed by atoms with van der Waals surface area (Å²) in [5.74, 6) is -0.413. The molecule has 98 valence electrons. The number of hydrogen-bond donors (Lipinski definition) is 2. The maximum atomic E-state index is 10.2. The largest absolute Gasteiger partial charge is 0.550 e. The number of carboxylic acid groups (broad SMARTS) is 1. The van der Waals surface area contributed by atoms with Gasteiger partial charge < -0.3 is 21.4 Å². The van der Waals surface area contributed by atoms with Gasteiger partial charge in [-0.3, -0.25) is 0 Å². The molecule has 0 heterocycles. The van der Waals surface area contributed by atoms with Crippen LogP contribution in [0.1, 0.15) is 47.5 Å². The summed E-state index contributed by atoms with van der Waals surface area (Å²) in [6.07, 6.45) is 0.958. The Hall–Kier alpha value is -0.610. The van der Waals surface area contributed by atoms with Gasteiger partial charge in [-0.1, -0.05) is 13.8 Å². The molecule has 0 rings (SSSR count). The SMILES string of the molecule is CC(C)(C)[NH3+].CC(C)C[C@H](CN)CC(=O)[O-]. The number of nitrogens with two attached hydrogens (primary N) is 1. The van der Waals surface area contributed by atoms with Gasteiger partial charge in [0.05, 0.1) is 5.54 Å². The molecule has 0 aliphatic heterocycles. The molecule has 0 bridgehead atoms. The van der Waals surface area contributed by atoms with Gasteiger partial charge in [-0.2, -0.15) is 0 Å². The highest BCUT2D eigenvalue weighted by atomic mass is 16.4. The molecule has 0 aromatic carbocycles. The predicted molar refractivity (Wildman–Crippen MR) is 64.3 cm³/mol. The molecule has 5 N–H and O–H groups in total. The molecule has 0 aromatic rings. The molecule has 0 amide bonds. The minimum Gasteiger partial charge on any atom is -0.550 e. The highest BCUT2D eigenvalue weighted by Crippen LogP contribution is 2.13. The molecular formula is C12H28N2O2. The van der Waals surface area contributed by atoms with E-state index in [2.05, 4.69) is 40.4 Å². The lowest BCUT2D eigenvalue weighted by atomic mass is 9.94. The summed E-state index contributed by atoms with van der Waals surface area (Å²) in [4.78, 5) is 10.2. The van der Waals surface area contributed by atoms with E-state index in [1.165, 1.54) is 0 Å². The molecule has 4 heteroatoms. The number of carboxylic acids is 1. The molecule has 0 aliphatic carbocycles. The van der Waals surface area contributed by atoms with Gasteiger partial charge >= 0.3 is 0 Å². The Morgan fingerprint density at radius 3 is 1.94 bits per heavy atom. The van der Waals surface area contributed by atoms with Crippen molar-refractivity contribution >= 4 is 5.97 Å². The van der Waals surface area contributed by atoms with E-state index < -0.39 is 5.97 Å². The Morgan fingerprint density at radius 1 is 1.38 bits per heavy atom. The first kappa shape index (κ1) is 17.8. The second kappa shape index (κ2) is 8.53. The Labute approximate surface area is 99.4 Å². The highest BCUT2D eigenvalue weighted by molar-refractivity contribution is 5.64. The number of hydrogen-bond acceptors (Lipinski definition) is 3. The zero-order valence-corrected chi connectivity index (χ0v) is 11.4. The lowest BCUT2D eigenvalue weighted by Crippen LogP contribution is -2.67. The lowest BCUT2D eigenvalue weighted by molar-refractivity contribution is -0.458. The molecule has 0 spiro atoms. The van der Waals surface area contributed by atoms with E-state index in [-0.39, 0.29) is 17.9 Å². The van der Waals surface area contributed by atoms with Crippen molar-refractivity contribution in [1.82, 2.24) is 0 Å². The third kappa shape index (κ3) is 23.3. The molecule has 0 aromatic heterocycles. The third-order valence-corrected chi connectivity index (χ3v) is 1.59. The van der Waals surface area contributed by atoms with Gasteiger partial charge in [-0.15, -0.1) is 0 Å². The van der Waals surface area contributed by atoms with Crippen molar-refractivity contribution in [3.8, 4) is 0 Å². The van der Waals surface area contributed by atoms with Crippen molar-refractivity contribution in [2.24, 2.45) is 17.6 Å². The lowest BCUT2D eigenvalue weighted by Gasteiger charge is -2.16. The van der Waals surface area contributed by atoms with Crippen molar-refractivity contribution in [2.75, 3.05) is 6.54 Å². The maximum absolute atomic E-state index is 10.2. The first-order chi connectivity index (χ1) is 7.06. The molecular weight excluding hydrogens is 204 g/mol. The molecule has 0 radical (unpaired) electrons. The van der Waals surface area contributed by atoms with Crippen molar-refractivity contribution in [1.29, 1.82) is 0 Å². The van der Waals surface area contributed by atoms with Crippen LogP contribution in [0.25, 0.3) is 0 Å². The fourth-order valence-electron chi connectivity index (χ4n) is 1.17. The Balaban J connectivity index is 0. The number of rotatable bonds is 5. The number of carbonyl (C=O) groups is 1. The highest BCUT2D eigenvalue weighted by Gasteiger charge is 2.08. The number of aliphatic carboxylic acids is 1. The van der Waals surface area contributed by atoms with E-state index >= 15 is 0 Å². The van der Waals surface area contributed by atoms with E-state index in [1.54, 1.807) is 0 Å². The average molecular weight is 232 g/mol. The molecule has 0 aliphatic rings. The van der Waals surface area contributed by atoms with Crippen molar-refractivity contribution in [2.45, 2.75) is 53.0 Å². The van der Waals surface area contributed by atoms with Gasteiger partial charge in [0.25, 0.3) is 0 Å². The quantitative estimate of drug-likeness (QED) is 0.686. The van der Waals surface area contributed by atoms with Crippen molar-refractivity contribution in [3.63, 3.8) is 0 Å². The summed E-state index contributed by atoms with van der Waals surface area (Å²) < 4.78 is 0. The Bertz CT molecular complexity index is 180. The Kier molecular flexibility index (Phi) is 9.48. The molecule has 0 unspecified atom stereocenters. The first-order valence-corrected chi connectivity index (χ1v) is 5.81. The number of carbonyl (C=O) groups excluding carboxylic acids is 1. The van der Waals surface area contributed by atoms with Gasteiger partial charge in [0.15, 0.2) is 0 Å². The van der Waals surface area contributed by atoms with Gasteiger partial charge in [-0.05, 0) is 52.0 Å². The maximum Gasteiger partial charge on any atom is 0.0860 e. The summed E-state index contributed by atoms with van der Waals surface area (Å²) in [7, 11) is 0. The molecule has 0 saturated carbocycles. The third-order valence-electron chi connectivity index (χ3n) is 1.59. The monoisotopic (exact) mass is 232 g/mol. The molecule has 0 fully saturated rings. The van der Waals surface area contributed by atoms with Crippen molar-refractivity contribution in [3.05, 3.63) is 0 Å². The summed E-state index contributed by atoms with van der Waals surface area (Å²) in [5.41, 5.74) is 9.40. The van der Waals surface area contributed by atoms with Crippen molar-refractivity contribution < 1.29 is 15.6 Å². The van der Waals surface area contributed by atoms with Gasteiger partial charge in [0, 0.05) is 5.97 Å². The van der Waals surface area contributed by atoms with Gasteiger partial charge in [0.1, 0.15) is 0 Å². The van der Waals surface area contributed by atoms with Crippen LogP contribution in [0.2, 0.25) is 0 Å². The fourth-order valence-corrected chi connectivity index (χ4v) is 1.17. The summed E-state index contributed by atoms with van der Waals surface area (Å²) in [6.45, 7) is 10.8. The van der Waals surface area contributed by atoms with E-state index in [0.717, 1.165) is 6.42 Å². The molecule has 16 heavy (non-hydrogen) atoms. The summed E-state index contributed by atoms with van der Waals surface area (Å²) in [5, 5.41) is 10.2. The average Bonchev–Trinajstić information content (AvgIpc) is 1.97. The van der Waals surface area contributed by atoms with E-state index in [0.29, 0.717) is 12.5 Å².